The maximum Gasteiger partial charge on any atom is 0.387 e. The van der Waals surface area contributed by atoms with Gasteiger partial charge in [0, 0.05) is 27.7 Å². The van der Waals surface area contributed by atoms with Gasteiger partial charge in [-0.1, -0.05) is 23.4 Å². The third-order valence-electron chi connectivity index (χ3n) is 2.56. The Bertz CT molecular complexity index is 620. The van der Waals surface area contributed by atoms with E-state index in [0.29, 0.717) is 21.5 Å². The van der Waals surface area contributed by atoms with Crippen molar-refractivity contribution in [2.75, 3.05) is 0 Å². The van der Waals surface area contributed by atoms with E-state index in [1.807, 2.05) is 19.9 Å². The summed E-state index contributed by atoms with van der Waals surface area (Å²) in [5.41, 5.74) is 2.30. The summed E-state index contributed by atoms with van der Waals surface area (Å²) >= 11 is 7.25. The minimum absolute atomic E-state index is 0.117. The van der Waals surface area contributed by atoms with E-state index < -0.39 is 6.61 Å². The van der Waals surface area contributed by atoms with E-state index in [-0.39, 0.29) is 5.75 Å². The molecule has 0 amide bonds. The van der Waals surface area contributed by atoms with Gasteiger partial charge in [0.2, 0.25) is 0 Å². The first kappa shape index (κ1) is 16.0. The molecule has 0 aliphatic heterocycles. The molecule has 0 aliphatic rings. The highest BCUT2D eigenvalue weighted by molar-refractivity contribution is 7.98. The fraction of sp³-hybridized carbons (Fsp3) is 0.286. The Labute approximate surface area is 130 Å². The maximum absolute atomic E-state index is 12.4. The average Bonchev–Trinajstić information content (AvgIpc) is 2.37. The largest absolute Gasteiger partial charge is 0.435 e. The van der Waals surface area contributed by atoms with Crippen LogP contribution in [0.3, 0.4) is 0 Å². The van der Waals surface area contributed by atoms with Crippen molar-refractivity contribution in [2.45, 2.75) is 31.4 Å². The van der Waals surface area contributed by atoms with Crippen molar-refractivity contribution in [3.05, 3.63) is 46.2 Å². The van der Waals surface area contributed by atoms with Crippen molar-refractivity contribution in [3.63, 3.8) is 0 Å². The van der Waals surface area contributed by atoms with Gasteiger partial charge in [0.1, 0.15) is 5.75 Å². The summed E-state index contributed by atoms with van der Waals surface area (Å²) in [6, 6.07) is 6.43. The average molecular weight is 331 g/mol. The molecule has 0 saturated carbocycles. The van der Waals surface area contributed by atoms with Crippen LogP contribution in [0, 0.1) is 13.8 Å². The molecule has 1 heterocycles. The van der Waals surface area contributed by atoms with Crippen molar-refractivity contribution in [1.29, 1.82) is 0 Å². The van der Waals surface area contributed by atoms with Gasteiger partial charge in [-0.2, -0.15) is 8.78 Å². The van der Waals surface area contributed by atoms with E-state index in [1.54, 1.807) is 6.07 Å². The van der Waals surface area contributed by atoms with Crippen molar-refractivity contribution >= 4 is 23.4 Å². The van der Waals surface area contributed by atoms with Gasteiger partial charge < -0.3 is 4.74 Å². The maximum atomic E-state index is 12.4. The summed E-state index contributed by atoms with van der Waals surface area (Å²) in [6.07, 6.45) is 0. The van der Waals surface area contributed by atoms with E-state index in [0.717, 1.165) is 11.4 Å². The van der Waals surface area contributed by atoms with E-state index >= 15 is 0 Å². The van der Waals surface area contributed by atoms with Crippen LogP contribution in [0.25, 0.3) is 0 Å². The summed E-state index contributed by atoms with van der Waals surface area (Å²) in [4.78, 5) is 8.58. The Morgan fingerprint density at radius 2 is 1.86 bits per heavy atom. The summed E-state index contributed by atoms with van der Waals surface area (Å²) < 4.78 is 29.3. The number of aryl methyl sites for hydroxylation is 2. The molecule has 21 heavy (non-hydrogen) atoms. The molecule has 3 nitrogen and oxygen atoms in total. The van der Waals surface area contributed by atoms with Crippen LogP contribution in [0.5, 0.6) is 5.75 Å². The number of hydrogen-bond donors (Lipinski definition) is 0. The summed E-state index contributed by atoms with van der Waals surface area (Å²) in [5, 5.41) is 1.06. The van der Waals surface area contributed by atoms with Crippen LogP contribution in [0.4, 0.5) is 8.78 Å². The summed E-state index contributed by atoms with van der Waals surface area (Å²) in [5.74, 6) is 0.511. The standard InChI is InChI=1S/C14H13ClF2N2OS/c1-8-5-9(2)19-14(18-8)21-7-10-6-11(15)3-4-12(10)20-13(16)17/h3-6,13H,7H2,1-2H3. The van der Waals surface area contributed by atoms with E-state index in [4.69, 9.17) is 11.6 Å². The number of rotatable bonds is 5. The molecule has 0 spiro atoms. The van der Waals surface area contributed by atoms with Gasteiger partial charge in [-0.15, -0.1) is 0 Å². The molecule has 0 fully saturated rings. The number of benzene rings is 1. The van der Waals surface area contributed by atoms with E-state index in [9.17, 15) is 8.78 Å². The summed E-state index contributed by atoms with van der Waals surface area (Å²) in [7, 11) is 0. The third kappa shape index (κ3) is 4.82. The lowest BCUT2D eigenvalue weighted by Gasteiger charge is -2.10. The topological polar surface area (TPSA) is 35.0 Å². The molecule has 0 N–H and O–H groups in total. The second kappa shape index (κ2) is 7.04. The predicted molar refractivity (Wildman–Crippen MR) is 79.2 cm³/mol. The first-order valence-electron chi connectivity index (χ1n) is 6.12. The molecule has 0 unspecified atom stereocenters. The zero-order valence-electron chi connectivity index (χ0n) is 11.4. The van der Waals surface area contributed by atoms with Gasteiger partial charge in [0.05, 0.1) is 0 Å². The normalized spacial score (nSPS) is 11.0. The number of ether oxygens (including phenoxy) is 1. The number of halogens is 3. The predicted octanol–water partition coefficient (Wildman–Crippen LogP) is 4.64. The molecular weight excluding hydrogens is 318 g/mol. The lowest BCUT2D eigenvalue weighted by atomic mass is 10.2. The zero-order valence-corrected chi connectivity index (χ0v) is 13.0. The number of hydrogen-bond acceptors (Lipinski definition) is 4. The smallest absolute Gasteiger partial charge is 0.387 e. The highest BCUT2D eigenvalue weighted by Gasteiger charge is 2.11. The molecule has 0 aliphatic carbocycles. The van der Waals surface area contributed by atoms with Crippen LogP contribution in [0.15, 0.2) is 29.4 Å². The minimum atomic E-state index is -2.87. The van der Waals surface area contributed by atoms with Crippen molar-refractivity contribution < 1.29 is 13.5 Å². The van der Waals surface area contributed by atoms with Crippen LogP contribution in [-0.4, -0.2) is 16.6 Å². The van der Waals surface area contributed by atoms with Crippen LogP contribution < -0.4 is 4.74 Å². The lowest BCUT2D eigenvalue weighted by Crippen LogP contribution is -2.04. The number of thioether (sulfide) groups is 1. The first-order valence-corrected chi connectivity index (χ1v) is 7.48. The third-order valence-corrected chi connectivity index (χ3v) is 3.69. The van der Waals surface area contributed by atoms with Gasteiger partial charge in [-0.05, 0) is 38.1 Å². The second-order valence-corrected chi connectivity index (χ2v) is 5.73. The zero-order chi connectivity index (χ0) is 15.4. The van der Waals surface area contributed by atoms with Gasteiger partial charge in [-0.3, -0.25) is 0 Å². The highest BCUT2D eigenvalue weighted by atomic mass is 35.5. The second-order valence-electron chi connectivity index (χ2n) is 4.35. The first-order chi connectivity index (χ1) is 9.94. The molecule has 0 saturated heterocycles. The Morgan fingerprint density at radius 1 is 1.19 bits per heavy atom. The molecule has 1 aromatic heterocycles. The van der Waals surface area contributed by atoms with Crippen molar-refractivity contribution in [2.24, 2.45) is 0 Å². The fourth-order valence-corrected chi connectivity index (χ4v) is 2.89. The SMILES string of the molecule is Cc1cc(C)nc(SCc2cc(Cl)ccc2OC(F)F)n1. The van der Waals surface area contributed by atoms with Crippen molar-refractivity contribution in [3.8, 4) is 5.75 Å². The van der Waals surface area contributed by atoms with Gasteiger partial charge in [-0.25, -0.2) is 9.97 Å². The summed E-state index contributed by atoms with van der Waals surface area (Å²) in [6.45, 7) is 0.889. The molecule has 0 radical (unpaired) electrons. The molecule has 1 aromatic carbocycles. The Hall–Kier alpha value is -1.40. The Kier molecular flexibility index (Phi) is 5.36. The number of aromatic nitrogens is 2. The van der Waals surface area contributed by atoms with Gasteiger partial charge >= 0.3 is 6.61 Å². The molecule has 2 aromatic rings. The van der Waals surface area contributed by atoms with E-state index in [1.165, 1.54) is 23.9 Å². The molecule has 0 atom stereocenters. The van der Waals surface area contributed by atoms with Gasteiger partial charge in [0.15, 0.2) is 5.16 Å². The Morgan fingerprint density at radius 3 is 2.48 bits per heavy atom. The Balaban J connectivity index is 2.16. The van der Waals surface area contributed by atoms with Crippen molar-refractivity contribution in [1.82, 2.24) is 9.97 Å². The molecule has 0 bridgehead atoms. The molecule has 2 rings (SSSR count). The van der Waals surface area contributed by atoms with Crippen LogP contribution in [0.2, 0.25) is 5.02 Å². The molecule has 7 heteroatoms. The molecule has 112 valence electrons. The fourth-order valence-electron chi connectivity index (χ4n) is 1.77. The quantitative estimate of drug-likeness (QED) is 0.591. The van der Waals surface area contributed by atoms with Crippen LogP contribution >= 0.6 is 23.4 Å². The van der Waals surface area contributed by atoms with Crippen LogP contribution in [0.1, 0.15) is 17.0 Å². The molecular formula is C14H13ClF2N2OS. The van der Waals surface area contributed by atoms with Crippen LogP contribution in [-0.2, 0) is 5.75 Å². The van der Waals surface area contributed by atoms with Gasteiger partial charge in [0.25, 0.3) is 0 Å². The number of nitrogens with zero attached hydrogens (tertiary/aromatic N) is 2. The number of alkyl halides is 2. The monoisotopic (exact) mass is 330 g/mol. The minimum Gasteiger partial charge on any atom is -0.435 e. The lowest BCUT2D eigenvalue weighted by molar-refractivity contribution is -0.0503. The highest BCUT2D eigenvalue weighted by Crippen LogP contribution is 2.30. The van der Waals surface area contributed by atoms with E-state index in [2.05, 4.69) is 14.7 Å².